The lowest BCUT2D eigenvalue weighted by atomic mass is 10.1. The minimum Gasteiger partial charge on any atom is -0.493 e. The monoisotopic (exact) mass is 370 g/mol. The Labute approximate surface area is 165 Å². The second-order valence-electron chi connectivity index (χ2n) is 6.53. The third-order valence-electron chi connectivity index (χ3n) is 4.60. The molecule has 0 amide bonds. The largest absolute Gasteiger partial charge is 0.493 e. The van der Waals surface area contributed by atoms with E-state index in [0.29, 0.717) is 13.2 Å². The SMILES string of the molecule is COc1ccc2cc(OCc3ccccc3)ccc2c1OCc1ccccc1. The summed E-state index contributed by atoms with van der Waals surface area (Å²) in [5.41, 5.74) is 2.26. The molecule has 0 radical (unpaired) electrons. The minimum atomic E-state index is 0.489. The van der Waals surface area contributed by atoms with Gasteiger partial charge in [0.25, 0.3) is 0 Å². The van der Waals surface area contributed by atoms with Crippen LogP contribution in [-0.2, 0) is 13.2 Å². The van der Waals surface area contributed by atoms with Crippen molar-refractivity contribution in [2.45, 2.75) is 13.2 Å². The highest BCUT2D eigenvalue weighted by Crippen LogP contribution is 2.37. The summed E-state index contributed by atoms with van der Waals surface area (Å²) >= 11 is 0. The summed E-state index contributed by atoms with van der Waals surface area (Å²) in [5, 5.41) is 2.05. The summed E-state index contributed by atoms with van der Waals surface area (Å²) in [5.74, 6) is 2.30. The molecule has 0 N–H and O–H groups in total. The highest BCUT2D eigenvalue weighted by molar-refractivity contribution is 5.91. The van der Waals surface area contributed by atoms with Gasteiger partial charge < -0.3 is 14.2 Å². The van der Waals surface area contributed by atoms with Gasteiger partial charge in [0.15, 0.2) is 11.5 Å². The molecule has 0 bridgehead atoms. The van der Waals surface area contributed by atoms with Gasteiger partial charge in [-0.2, -0.15) is 0 Å². The zero-order valence-electron chi connectivity index (χ0n) is 15.8. The van der Waals surface area contributed by atoms with Crippen molar-refractivity contribution < 1.29 is 14.2 Å². The van der Waals surface area contributed by atoms with Crippen LogP contribution in [0.15, 0.2) is 91.0 Å². The second kappa shape index (κ2) is 8.49. The van der Waals surface area contributed by atoms with Crippen LogP contribution in [0.4, 0.5) is 0 Å². The molecule has 140 valence electrons. The Morgan fingerprint density at radius 3 is 1.93 bits per heavy atom. The maximum Gasteiger partial charge on any atom is 0.169 e. The second-order valence-corrected chi connectivity index (χ2v) is 6.53. The molecular formula is C25H22O3. The summed E-state index contributed by atoms with van der Waals surface area (Å²) in [7, 11) is 1.66. The number of ether oxygens (including phenoxy) is 3. The number of methoxy groups -OCH3 is 1. The van der Waals surface area contributed by atoms with E-state index in [2.05, 4.69) is 12.1 Å². The summed E-state index contributed by atoms with van der Waals surface area (Å²) < 4.78 is 17.6. The van der Waals surface area contributed by atoms with Gasteiger partial charge >= 0.3 is 0 Å². The summed E-state index contributed by atoms with van der Waals surface area (Å²) in [4.78, 5) is 0. The fourth-order valence-electron chi connectivity index (χ4n) is 3.13. The molecule has 0 fully saturated rings. The number of rotatable bonds is 7. The van der Waals surface area contributed by atoms with Gasteiger partial charge in [-0.15, -0.1) is 0 Å². The van der Waals surface area contributed by atoms with E-state index in [1.54, 1.807) is 7.11 Å². The van der Waals surface area contributed by atoms with Gasteiger partial charge in [-0.1, -0.05) is 66.7 Å². The average Bonchev–Trinajstić information content (AvgIpc) is 2.77. The van der Waals surface area contributed by atoms with Crippen molar-refractivity contribution in [1.29, 1.82) is 0 Å². The fourth-order valence-corrected chi connectivity index (χ4v) is 3.13. The first-order valence-corrected chi connectivity index (χ1v) is 9.28. The highest BCUT2D eigenvalue weighted by Gasteiger charge is 2.11. The third kappa shape index (κ3) is 4.09. The van der Waals surface area contributed by atoms with E-state index in [-0.39, 0.29) is 0 Å². The average molecular weight is 370 g/mol. The van der Waals surface area contributed by atoms with Crippen molar-refractivity contribution in [2.24, 2.45) is 0 Å². The standard InChI is InChI=1S/C25H22O3/c1-26-24-15-12-21-16-22(27-17-19-8-4-2-5-9-19)13-14-23(21)25(24)28-18-20-10-6-3-7-11-20/h2-16H,17-18H2,1H3. The molecule has 0 heterocycles. The Kier molecular flexibility index (Phi) is 5.43. The zero-order chi connectivity index (χ0) is 19.2. The van der Waals surface area contributed by atoms with E-state index >= 15 is 0 Å². The van der Waals surface area contributed by atoms with Crippen LogP contribution in [0.1, 0.15) is 11.1 Å². The van der Waals surface area contributed by atoms with Crippen molar-refractivity contribution in [2.75, 3.05) is 7.11 Å². The molecule has 4 aromatic carbocycles. The van der Waals surface area contributed by atoms with Gasteiger partial charge in [-0.3, -0.25) is 0 Å². The van der Waals surface area contributed by atoms with Gasteiger partial charge in [0.05, 0.1) is 7.11 Å². The quantitative estimate of drug-likeness (QED) is 0.399. The molecule has 3 nitrogen and oxygen atoms in total. The van der Waals surface area contributed by atoms with E-state index in [9.17, 15) is 0 Å². The van der Waals surface area contributed by atoms with E-state index < -0.39 is 0 Å². The van der Waals surface area contributed by atoms with Crippen molar-refractivity contribution >= 4 is 10.8 Å². The maximum atomic E-state index is 6.13. The Morgan fingerprint density at radius 1 is 0.643 bits per heavy atom. The van der Waals surface area contributed by atoms with Crippen molar-refractivity contribution in [1.82, 2.24) is 0 Å². The first-order valence-electron chi connectivity index (χ1n) is 9.28. The Morgan fingerprint density at radius 2 is 1.29 bits per heavy atom. The van der Waals surface area contributed by atoms with Crippen LogP contribution in [-0.4, -0.2) is 7.11 Å². The van der Waals surface area contributed by atoms with Crippen LogP contribution < -0.4 is 14.2 Å². The third-order valence-corrected chi connectivity index (χ3v) is 4.60. The lowest BCUT2D eigenvalue weighted by Crippen LogP contribution is -1.99. The molecule has 0 aromatic heterocycles. The normalized spacial score (nSPS) is 10.6. The number of hydrogen-bond acceptors (Lipinski definition) is 3. The van der Waals surface area contributed by atoms with Crippen LogP contribution in [0.5, 0.6) is 17.2 Å². The molecule has 4 aromatic rings. The highest BCUT2D eigenvalue weighted by atomic mass is 16.5. The first-order chi connectivity index (χ1) is 13.8. The predicted octanol–water partition coefficient (Wildman–Crippen LogP) is 6.01. The van der Waals surface area contributed by atoms with Crippen LogP contribution in [0.2, 0.25) is 0 Å². The van der Waals surface area contributed by atoms with Crippen LogP contribution in [0.3, 0.4) is 0 Å². The van der Waals surface area contributed by atoms with Crippen molar-refractivity contribution in [3.8, 4) is 17.2 Å². The Hall–Kier alpha value is -3.46. The topological polar surface area (TPSA) is 27.7 Å². The van der Waals surface area contributed by atoms with Gasteiger partial charge in [0, 0.05) is 5.39 Å². The van der Waals surface area contributed by atoms with Gasteiger partial charge in [-0.25, -0.2) is 0 Å². The Balaban J connectivity index is 1.57. The van der Waals surface area contributed by atoms with Gasteiger partial charge in [0.1, 0.15) is 19.0 Å². The summed E-state index contributed by atoms with van der Waals surface area (Å²) in [6, 6.07) is 30.3. The molecule has 0 aliphatic rings. The summed E-state index contributed by atoms with van der Waals surface area (Å²) in [6.45, 7) is 1.03. The van der Waals surface area contributed by atoms with Crippen LogP contribution in [0, 0.1) is 0 Å². The summed E-state index contributed by atoms with van der Waals surface area (Å²) in [6.07, 6.45) is 0. The molecule has 0 saturated carbocycles. The van der Waals surface area contributed by atoms with Crippen LogP contribution in [0.25, 0.3) is 10.8 Å². The van der Waals surface area contributed by atoms with Gasteiger partial charge in [-0.05, 0) is 40.8 Å². The zero-order valence-corrected chi connectivity index (χ0v) is 15.8. The predicted molar refractivity (Wildman–Crippen MR) is 112 cm³/mol. The van der Waals surface area contributed by atoms with E-state index in [1.807, 2.05) is 78.9 Å². The molecule has 28 heavy (non-hydrogen) atoms. The molecular weight excluding hydrogens is 348 g/mol. The Bertz CT molecular complexity index is 1040. The molecule has 4 rings (SSSR count). The number of hydrogen-bond donors (Lipinski definition) is 0. The van der Waals surface area contributed by atoms with E-state index in [1.165, 1.54) is 0 Å². The molecule has 3 heteroatoms. The minimum absolute atomic E-state index is 0.489. The maximum absolute atomic E-state index is 6.13. The molecule has 0 unspecified atom stereocenters. The van der Waals surface area contributed by atoms with Crippen LogP contribution >= 0.6 is 0 Å². The van der Waals surface area contributed by atoms with Crippen molar-refractivity contribution in [3.63, 3.8) is 0 Å². The molecule has 0 saturated heterocycles. The van der Waals surface area contributed by atoms with E-state index in [4.69, 9.17) is 14.2 Å². The lowest BCUT2D eigenvalue weighted by molar-refractivity contribution is 0.288. The molecule has 0 aliphatic carbocycles. The van der Waals surface area contributed by atoms with Crippen molar-refractivity contribution in [3.05, 3.63) is 102 Å². The molecule has 0 aliphatic heterocycles. The fraction of sp³-hybridized carbons (Fsp3) is 0.120. The lowest BCUT2D eigenvalue weighted by Gasteiger charge is -2.15. The molecule has 0 spiro atoms. The number of fused-ring (bicyclic) bond motifs is 1. The first kappa shape index (κ1) is 17.9. The molecule has 0 atom stereocenters. The van der Waals surface area contributed by atoms with E-state index in [0.717, 1.165) is 39.1 Å². The van der Waals surface area contributed by atoms with Gasteiger partial charge in [0.2, 0.25) is 0 Å². The smallest absolute Gasteiger partial charge is 0.169 e. The number of benzene rings is 4.